The molecule has 1 saturated carbocycles. The van der Waals surface area contributed by atoms with Crippen LogP contribution in [0.4, 0.5) is 10.8 Å². The molecule has 0 bridgehead atoms. The van der Waals surface area contributed by atoms with Crippen LogP contribution in [0.15, 0.2) is 18.2 Å². The van der Waals surface area contributed by atoms with E-state index in [-0.39, 0.29) is 5.91 Å². The first-order valence-corrected chi connectivity index (χ1v) is 11.7. The van der Waals surface area contributed by atoms with E-state index < -0.39 is 0 Å². The lowest BCUT2D eigenvalue weighted by Crippen LogP contribution is -2.48. The number of carbonyl (C=O) groups excluding carboxylic acids is 1. The van der Waals surface area contributed by atoms with Crippen LogP contribution >= 0.6 is 34.5 Å². The van der Waals surface area contributed by atoms with Crippen molar-refractivity contribution in [3.8, 4) is 0 Å². The number of hydrogen-bond donors (Lipinski definition) is 1. The average Bonchev–Trinajstić information content (AvgIpc) is 3.20. The summed E-state index contributed by atoms with van der Waals surface area (Å²) in [6, 6.07) is 5.70. The molecule has 1 amide bonds. The van der Waals surface area contributed by atoms with Gasteiger partial charge < -0.3 is 4.90 Å². The van der Waals surface area contributed by atoms with Crippen molar-refractivity contribution in [3.05, 3.63) is 33.3 Å². The Morgan fingerprint density at radius 2 is 1.83 bits per heavy atom. The second kappa shape index (κ2) is 9.60. The molecule has 29 heavy (non-hydrogen) atoms. The van der Waals surface area contributed by atoms with Gasteiger partial charge in [0, 0.05) is 37.8 Å². The maximum atomic E-state index is 12.4. The van der Waals surface area contributed by atoms with Crippen molar-refractivity contribution in [1.29, 1.82) is 0 Å². The van der Waals surface area contributed by atoms with Crippen LogP contribution in [0.2, 0.25) is 10.0 Å². The normalized spacial score (nSPS) is 18.8. The maximum absolute atomic E-state index is 12.4. The number of nitrogens with one attached hydrogen (secondary N) is 1. The Kier molecular flexibility index (Phi) is 6.90. The lowest BCUT2D eigenvalue weighted by Gasteiger charge is -2.35. The molecule has 1 aliphatic carbocycles. The summed E-state index contributed by atoms with van der Waals surface area (Å²) in [6.07, 6.45) is 6.22. The third-order valence-electron chi connectivity index (χ3n) is 5.65. The molecule has 1 aliphatic heterocycles. The highest BCUT2D eigenvalue weighted by Gasteiger charge is 2.22. The van der Waals surface area contributed by atoms with E-state index in [0.29, 0.717) is 27.6 Å². The van der Waals surface area contributed by atoms with Gasteiger partial charge in [0.05, 0.1) is 16.6 Å². The fraction of sp³-hybridized carbons (Fsp3) is 0.550. The summed E-state index contributed by atoms with van der Waals surface area (Å²) in [7, 11) is 0. The van der Waals surface area contributed by atoms with E-state index in [9.17, 15) is 4.79 Å². The molecule has 2 aliphatic rings. The molecular weight excluding hydrogens is 429 g/mol. The molecule has 2 heterocycles. The number of carbonyl (C=O) groups is 1. The summed E-state index contributed by atoms with van der Waals surface area (Å²) >= 11 is 13.7. The molecule has 0 atom stereocenters. The minimum Gasteiger partial charge on any atom is -0.369 e. The fourth-order valence-corrected chi connectivity index (χ4v) is 5.23. The van der Waals surface area contributed by atoms with Crippen molar-refractivity contribution in [2.24, 2.45) is 0 Å². The van der Waals surface area contributed by atoms with Crippen LogP contribution in [0.25, 0.3) is 0 Å². The van der Waals surface area contributed by atoms with E-state index in [1.165, 1.54) is 43.4 Å². The number of hydrogen-bond acceptors (Lipinski definition) is 6. The van der Waals surface area contributed by atoms with Gasteiger partial charge in [0.1, 0.15) is 5.01 Å². The van der Waals surface area contributed by atoms with Crippen LogP contribution in [0, 0.1) is 0 Å². The first-order valence-electron chi connectivity index (χ1n) is 10.1. The predicted molar refractivity (Wildman–Crippen MR) is 119 cm³/mol. The lowest BCUT2D eigenvalue weighted by molar-refractivity contribution is -0.117. The predicted octanol–water partition coefficient (Wildman–Crippen LogP) is 4.65. The quantitative estimate of drug-likeness (QED) is 0.713. The van der Waals surface area contributed by atoms with Crippen LogP contribution in [0.3, 0.4) is 0 Å². The van der Waals surface area contributed by atoms with Gasteiger partial charge in [-0.3, -0.25) is 15.0 Å². The Morgan fingerprint density at radius 1 is 1.07 bits per heavy atom. The van der Waals surface area contributed by atoms with Gasteiger partial charge in [-0.1, -0.05) is 53.8 Å². The molecule has 4 rings (SSSR count). The van der Waals surface area contributed by atoms with Crippen molar-refractivity contribution >= 4 is 51.3 Å². The van der Waals surface area contributed by atoms with Gasteiger partial charge in [0.25, 0.3) is 0 Å². The van der Waals surface area contributed by atoms with E-state index >= 15 is 0 Å². The SMILES string of the molecule is O=C(CN1CCN(c2ccc(Cl)c(Cl)c2)CC1)Nc1nnc(C2CCCCC2)s1. The highest BCUT2D eigenvalue weighted by Crippen LogP contribution is 2.35. The smallest absolute Gasteiger partial charge is 0.240 e. The van der Waals surface area contributed by atoms with Crippen molar-refractivity contribution in [3.63, 3.8) is 0 Å². The minimum absolute atomic E-state index is 0.0284. The number of benzene rings is 1. The number of halogens is 2. The van der Waals surface area contributed by atoms with Crippen LogP contribution in [0.1, 0.15) is 43.0 Å². The fourth-order valence-electron chi connectivity index (χ4n) is 4.01. The largest absolute Gasteiger partial charge is 0.369 e. The molecule has 6 nitrogen and oxygen atoms in total. The number of nitrogens with zero attached hydrogens (tertiary/aromatic N) is 4. The third-order valence-corrected chi connectivity index (χ3v) is 7.39. The molecule has 1 saturated heterocycles. The average molecular weight is 454 g/mol. The number of rotatable bonds is 5. The van der Waals surface area contributed by atoms with Gasteiger partial charge >= 0.3 is 0 Å². The minimum atomic E-state index is -0.0284. The van der Waals surface area contributed by atoms with E-state index in [0.717, 1.165) is 36.9 Å². The molecule has 1 aromatic carbocycles. The van der Waals surface area contributed by atoms with E-state index in [1.807, 2.05) is 18.2 Å². The third kappa shape index (κ3) is 5.40. The van der Waals surface area contributed by atoms with Crippen molar-refractivity contribution in [2.45, 2.75) is 38.0 Å². The number of amides is 1. The molecule has 0 unspecified atom stereocenters. The molecule has 9 heteroatoms. The van der Waals surface area contributed by atoms with Gasteiger partial charge in [-0.25, -0.2) is 0 Å². The number of piperazine rings is 1. The van der Waals surface area contributed by atoms with Crippen LogP contribution in [0.5, 0.6) is 0 Å². The van der Waals surface area contributed by atoms with Gasteiger partial charge in [-0.15, -0.1) is 10.2 Å². The van der Waals surface area contributed by atoms with E-state index in [2.05, 4.69) is 25.3 Å². The first kappa shape index (κ1) is 20.8. The molecule has 0 spiro atoms. The lowest BCUT2D eigenvalue weighted by atomic mass is 9.90. The Hall–Kier alpha value is -1.41. The Balaban J connectivity index is 1.24. The van der Waals surface area contributed by atoms with Gasteiger partial charge in [-0.05, 0) is 31.0 Å². The summed E-state index contributed by atoms with van der Waals surface area (Å²) in [5.41, 5.74) is 1.06. The monoisotopic (exact) mass is 453 g/mol. The maximum Gasteiger partial charge on any atom is 0.240 e. The van der Waals surface area contributed by atoms with Crippen LogP contribution in [-0.2, 0) is 4.79 Å². The summed E-state index contributed by atoms with van der Waals surface area (Å²) in [4.78, 5) is 16.9. The van der Waals surface area contributed by atoms with Crippen molar-refractivity contribution in [2.75, 3.05) is 42.9 Å². The number of anilines is 2. The zero-order valence-electron chi connectivity index (χ0n) is 16.2. The highest BCUT2D eigenvalue weighted by molar-refractivity contribution is 7.15. The second-order valence-electron chi connectivity index (χ2n) is 7.69. The van der Waals surface area contributed by atoms with Crippen molar-refractivity contribution < 1.29 is 4.79 Å². The second-order valence-corrected chi connectivity index (χ2v) is 9.51. The molecule has 156 valence electrons. The van der Waals surface area contributed by atoms with Gasteiger partial charge in [0.2, 0.25) is 11.0 Å². The van der Waals surface area contributed by atoms with E-state index in [4.69, 9.17) is 23.2 Å². The Bertz CT molecular complexity index is 847. The molecule has 1 N–H and O–H groups in total. The van der Waals surface area contributed by atoms with Gasteiger partial charge in [0.15, 0.2) is 0 Å². The van der Waals surface area contributed by atoms with Gasteiger partial charge in [-0.2, -0.15) is 0 Å². The molecule has 0 radical (unpaired) electrons. The zero-order valence-corrected chi connectivity index (χ0v) is 18.6. The molecular formula is C20H25Cl2N5OS. The molecule has 1 aromatic heterocycles. The number of aromatic nitrogens is 2. The zero-order chi connectivity index (χ0) is 20.2. The highest BCUT2D eigenvalue weighted by atomic mass is 35.5. The molecule has 2 aromatic rings. The summed E-state index contributed by atoms with van der Waals surface area (Å²) in [6.45, 7) is 3.69. The van der Waals surface area contributed by atoms with Crippen LogP contribution < -0.4 is 10.2 Å². The van der Waals surface area contributed by atoms with Crippen molar-refractivity contribution in [1.82, 2.24) is 15.1 Å². The summed E-state index contributed by atoms with van der Waals surface area (Å²) in [5.74, 6) is 0.487. The Labute approximate surface area is 185 Å². The summed E-state index contributed by atoms with van der Waals surface area (Å²) in [5, 5.41) is 14.2. The molecule has 2 fully saturated rings. The van der Waals surface area contributed by atoms with E-state index in [1.54, 1.807) is 0 Å². The summed E-state index contributed by atoms with van der Waals surface area (Å²) < 4.78 is 0. The topological polar surface area (TPSA) is 61.4 Å². The van der Waals surface area contributed by atoms with Crippen LogP contribution in [-0.4, -0.2) is 53.7 Å². The Morgan fingerprint density at radius 3 is 2.55 bits per heavy atom. The first-order chi connectivity index (χ1) is 14.1. The standard InChI is InChI=1S/C20H25Cl2N5OS/c21-16-7-6-15(12-17(16)22)27-10-8-26(9-11-27)13-18(28)23-20-25-24-19(29-20)14-4-2-1-3-5-14/h6-7,12,14H,1-5,8-11,13H2,(H,23,25,28).